The summed E-state index contributed by atoms with van der Waals surface area (Å²) < 4.78 is 0. The summed E-state index contributed by atoms with van der Waals surface area (Å²) in [5.74, 6) is 0.700. The van der Waals surface area contributed by atoms with E-state index in [1.54, 1.807) is 6.07 Å². The van der Waals surface area contributed by atoms with Gasteiger partial charge in [0.2, 0.25) is 0 Å². The summed E-state index contributed by atoms with van der Waals surface area (Å²) >= 11 is 7.18. The van der Waals surface area contributed by atoms with Crippen molar-refractivity contribution in [3.05, 3.63) is 39.7 Å². The minimum absolute atomic E-state index is 0.193. The van der Waals surface area contributed by atoms with E-state index >= 15 is 0 Å². The molecule has 0 amide bonds. The average molecular weight is 283 g/mol. The molecule has 2 rings (SSSR count). The van der Waals surface area contributed by atoms with Crippen molar-refractivity contribution >= 4 is 23.4 Å². The Bertz CT molecular complexity index is 602. The first-order valence-electron chi connectivity index (χ1n) is 5.44. The van der Waals surface area contributed by atoms with Gasteiger partial charge >= 0.3 is 0 Å². The Morgan fingerprint density at radius 2 is 2.28 bits per heavy atom. The third-order valence-electron chi connectivity index (χ3n) is 2.04. The van der Waals surface area contributed by atoms with Crippen LogP contribution in [0.25, 0.3) is 0 Å². The number of aromatic nitrogens is 4. The van der Waals surface area contributed by atoms with Crippen LogP contribution in [0.2, 0.25) is 5.15 Å². The van der Waals surface area contributed by atoms with Gasteiger partial charge in [-0.05, 0) is 18.2 Å². The third kappa shape index (κ3) is 3.54. The van der Waals surface area contributed by atoms with Gasteiger partial charge in [-0.15, -0.1) is 0 Å². The van der Waals surface area contributed by atoms with Crippen LogP contribution in [0.4, 0.5) is 0 Å². The molecule has 94 valence electrons. The molecule has 0 bridgehead atoms. The Kier molecular flexibility index (Phi) is 4.33. The number of aryl methyl sites for hydroxylation is 1. The molecule has 0 unspecified atom stereocenters. The van der Waals surface area contributed by atoms with E-state index in [1.165, 1.54) is 24.0 Å². The van der Waals surface area contributed by atoms with Crippen LogP contribution in [-0.2, 0) is 6.42 Å². The predicted octanol–water partition coefficient (Wildman–Crippen LogP) is 2.32. The lowest BCUT2D eigenvalue weighted by atomic mass is 10.3. The number of rotatable bonds is 4. The number of aromatic amines is 1. The molecule has 0 aliphatic heterocycles. The second-order valence-electron chi connectivity index (χ2n) is 3.54. The lowest BCUT2D eigenvalue weighted by Crippen LogP contribution is -2.05. The molecule has 2 heterocycles. The Labute approximate surface area is 113 Å². The molecule has 0 aromatic carbocycles. The van der Waals surface area contributed by atoms with Gasteiger partial charge in [0.05, 0.1) is 0 Å². The van der Waals surface area contributed by atoms with Crippen LogP contribution in [0.5, 0.6) is 0 Å². The number of nitrogens with one attached hydrogen (secondary N) is 1. The summed E-state index contributed by atoms with van der Waals surface area (Å²) in [5, 5.41) is 1.56. The fourth-order valence-electron chi connectivity index (χ4n) is 1.33. The van der Waals surface area contributed by atoms with Gasteiger partial charge in [0.25, 0.3) is 5.56 Å². The Morgan fingerprint density at radius 1 is 1.44 bits per heavy atom. The molecule has 18 heavy (non-hydrogen) atoms. The highest BCUT2D eigenvalue weighted by molar-refractivity contribution is 7.99. The van der Waals surface area contributed by atoms with E-state index in [4.69, 9.17) is 11.6 Å². The first kappa shape index (κ1) is 13.0. The molecule has 5 nitrogen and oxygen atoms in total. The van der Waals surface area contributed by atoms with Crippen LogP contribution in [0.15, 0.2) is 33.3 Å². The van der Waals surface area contributed by atoms with Crippen LogP contribution in [0, 0.1) is 0 Å². The van der Waals surface area contributed by atoms with Crippen LogP contribution < -0.4 is 5.56 Å². The van der Waals surface area contributed by atoms with Gasteiger partial charge in [0, 0.05) is 24.8 Å². The van der Waals surface area contributed by atoms with E-state index in [-0.39, 0.29) is 5.56 Å². The van der Waals surface area contributed by atoms with Gasteiger partial charge in [0.1, 0.15) is 16.0 Å². The molecular weight excluding hydrogens is 272 g/mol. The summed E-state index contributed by atoms with van der Waals surface area (Å²) in [6.45, 7) is 2.05. The van der Waals surface area contributed by atoms with E-state index in [9.17, 15) is 4.79 Å². The number of nitrogens with zero attached hydrogens (tertiary/aromatic N) is 3. The largest absolute Gasteiger partial charge is 0.301 e. The smallest absolute Gasteiger partial charge is 0.251 e. The van der Waals surface area contributed by atoms with E-state index in [1.807, 2.05) is 6.92 Å². The molecule has 0 saturated carbocycles. The molecule has 0 aliphatic rings. The van der Waals surface area contributed by atoms with Gasteiger partial charge in [-0.25, -0.2) is 15.0 Å². The topological polar surface area (TPSA) is 71.5 Å². The van der Waals surface area contributed by atoms with Crippen LogP contribution in [0.3, 0.4) is 0 Å². The summed E-state index contributed by atoms with van der Waals surface area (Å²) in [6, 6.07) is 3.01. The highest BCUT2D eigenvalue weighted by atomic mass is 35.5. The number of halogens is 1. The van der Waals surface area contributed by atoms with Crippen molar-refractivity contribution in [2.75, 3.05) is 0 Å². The molecule has 7 heteroatoms. The zero-order chi connectivity index (χ0) is 13.0. The summed E-state index contributed by atoms with van der Waals surface area (Å²) in [5.41, 5.74) is -0.193. The molecule has 0 radical (unpaired) electrons. The summed E-state index contributed by atoms with van der Waals surface area (Å²) in [7, 11) is 0. The second kappa shape index (κ2) is 5.97. The van der Waals surface area contributed by atoms with Crippen LogP contribution >= 0.6 is 23.4 Å². The minimum Gasteiger partial charge on any atom is -0.301 e. The maximum absolute atomic E-state index is 11.1. The molecule has 0 atom stereocenters. The van der Waals surface area contributed by atoms with Gasteiger partial charge in [-0.1, -0.05) is 18.5 Å². The van der Waals surface area contributed by atoms with Gasteiger partial charge in [0.15, 0.2) is 5.16 Å². The van der Waals surface area contributed by atoms with Crippen molar-refractivity contribution in [2.24, 2.45) is 0 Å². The normalized spacial score (nSPS) is 10.6. The van der Waals surface area contributed by atoms with Crippen molar-refractivity contribution < 1.29 is 0 Å². The van der Waals surface area contributed by atoms with Gasteiger partial charge < -0.3 is 4.98 Å². The highest BCUT2D eigenvalue weighted by Crippen LogP contribution is 2.23. The van der Waals surface area contributed by atoms with Gasteiger partial charge in [-0.2, -0.15) is 0 Å². The van der Waals surface area contributed by atoms with E-state index in [2.05, 4.69) is 19.9 Å². The maximum Gasteiger partial charge on any atom is 0.251 e. The quantitative estimate of drug-likeness (QED) is 0.688. The van der Waals surface area contributed by atoms with Crippen molar-refractivity contribution in [3.8, 4) is 0 Å². The zero-order valence-electron chi connectivity index (χ0n) is 9.68. The van der Waals surface area contributed by atoms with Crippen molar-refractivity contribution in [2.45, 2.75) is 29.9 Å². The molecule has 2 aromatic rings. The van der Waals surface area contributed by atoms with Crippen LogP contribution in [0.1, 0.15) is 19.2 Å². The first-order chi connectivity index (χ1) is 8.67. The van der Waals surface area contributed by atoms with Crippen molar-refractivity contribution in [1.29, 1.82) is 0 Å². The molecule has 0 saturated heterocycles. The Morgan fingerprint density at radius 3 is 3.00 bits per heavy atom. The predicted molar refractivity (Wildman–Crippen MR) is 70.0 cm³/mol. The van der Waals surface area contributed by atoms with E-state index in [0.29, 0.717) is 21.2 Å². The average Bonchev–Trinajstić information content (AvgIpc) is 2.28. The number of H-pyrrole nitrogens is 1. The summed E-state index contributed by atoms with van der Waals surface area (Å²) in [6.07, 6.45) is 3.18. The minimum atomic E-state index is -0.193. The standard InChI is InChI=1S/C11H11ClN4OS/c1-2-3-8-14-7(12)6-10(15-8)18-11-13-5-4-9(17)16-11/h4-6H,2-3H2,1H3,(H,13,16,17). The molecule has 1 N–H and O–H groups in total. The highest BCUT2D eigenvalue weighted by Gasteiger charge is 2.06. The molecule has 2 aromatic heterocycles. The molecule has 0 spiro atoms. The number of hydrogen-bond acceptors (Lipinski definition) is 5. The van der Waals surface area contributed by atoms with Crippen molar-refractivity contribution in [1.82, 2.24) is 19.9 Å². The summed E-state index contributed by atoms with van der Waals surface area (Å²) in [4.78, 5) is 26.3. The molecule has 0 fully saturated rings. The molecular formula is C11H11ClN4OS. The van der Waals surface area contributed by atoms with E-state index in [0.717, 1.165) is 12.8 Å². The fraction of sp³-hybridized carbons (Fsp3) is 0.273. The van der Waals surface area contributed by atoms with Crippen molar-refractivity contribution in [3.63, 3.8) is 0 Å². The van der Waals surface area contributed by atoms with E-state index < -0.39 is 0 Å². The second-order valence-corrected chi connectivity index (χ2v) is 4.93. The molecule has 0 aliphatic carbocycles. The van der Waals surface area contributed by atoms with Gasteiger partial charge in [-0.3, -0.25) is 4.79 Å². The fourth-order valence-corrected chi connectivity index (χ4v) is 2.38. The third-order valence-corrected chi connectivity index (χ3v) is 3.05. The monoisotopic (exact) mass is 282 g/mol. The SMILES string of the molecule is CCCc1nc(Cl)cc(Sc2nccc(=O)[nH]2)n1. The first-order valence-corrected chi connectivity index (χ1v) is 6.63. The Hall–Kier alpha value is -1.40. The maximum atomic E-state index is 11.1. The number of hydrogen-bond donors (Lipinski definition) is 1. The van der Waals surface area contributed by atoms with Crippen LogP contribution in [-0.4, -0.2) is 19.9 Å². The lowest BCUT2D eigenvalue weighted by molar-refractivity contribution is 0.808. The lowest BCUT2D eigenvalue weighted by Gasteiger charge is -2.03. The zero-order valence-corrected chi connectivity index (χ0v) is 11.3. The Balaban J connectivity index is 2.25.